The van der Waals surface area contributed by atoms with E-state index in [-0.39, 0.29) is 17.9 Å². The van der Waals surface area contributed by atoms with Crippen LogP contribution in [0.2, 0.25) is 0 Å². The van der Waals surface area contributed by atoms with Crippen LogP contribution in [0.15, 0.2) is 18.3 Å². The van der Waals surface area contributed by atoms with E-state index in [2.05, 4.69) is 15.2 Å². The molecule has 1 aromatic rings. The van der Waals surface area contributed by atoms with Gasteiger partial charge in [-0.25, -0.2) is 4.98 Å². The maximum Gasteiger partial charge on any atom is 0.228 e. The molecule has 0 spiro atoms. The summed E-state index contributed by atoms with van der Waals surface area (Å²) >= 11 is 0. The van der Waals surface area contributed by atoms with E-state index in [0.29, 0.717) is 0 Å². The maximum atomic E-state index is 12.1. The highest BCUT2D eigenvalue weighted by Gasteiger charge is 2.21. The molecule has 5 nitrogen and oxygen atoms in total. The van der Waals surface area contributed by atoms with Crippen molar-refractivity contribution in [2.75, 3.05) is 23.3 Å². The number of anilines is 2. The summed E-state index contributed by atoms with van der Waals surface area (Å²) in [6.07, 6.45) is 4.12. The Hall–Kier alpha value is -1.62. The lowest BCUT2D eigenvalue weighted by atomic mass is 10.0. The van der Waals surface area contributed by atoms with Gasteiger partial charge in [-0.1, -0.05) is 6.92 Å². The largest absolute Gasteiger partial charge is 0.355 e. The van der Waals surface area contributed by atoms with Gasteiger partial charge >= 0.3 is 0 Å². The number of hydrogen-bond donors (Lipinski definition) is 2. The molecule has 2 unspecified atom stereocenters. The van der Waals surface area contributed by atoms with Gasteiger partial charge in [-0.05, 0) is 31.9 Å². The highest BCUT2D eigenvalue weighted by atomic mass is 16.1. The summed E-state index contributed by atoms with van der Waals surface area (Å²) in [5.74, 6) is 0.598. The Morgan fingerprint density at radius 3 is 2.74 bits per heavy atom. The molecule has 0 bridgehead atoms. The van der Waals surface area contributed by atoms with Gasteiger partial charge in [0.1, 0.15) is 0 Å². The number of carbonyl (C=O) groups excluding carboxylic acids is 1. The highest BCUT2D eigenvalue weighted by Crippen LogP contribution is 2.26. The molecular weight excluding hydrogens is 240 g/mol. The van der Waals surface area contributed by atoms with E-state index in [1.165, 1.54) is 12.8 Å². The molecule has 1 saturated heterocycles. The number of rotatable bonds is 4. The van der Waals surface area contributed by atoms with Crippen molar-refractivity contribution in [2.24, 2.45) is 11.7 Å². The zero-order valence-corrected chi connectivity index (χ0v) is 11.6. The lowest BCUT2D eigenvalue weighted by molar-refractivity contribution is -0.119. The molecule has 2 atom stereocenters. The summed E-state index contributed by atoms with van der Waals surface area (Å²) in [5, 5.41) is 2.95. The average Bonchev–Trinajstić information content (AvgIpc) is 2.92. The zero-order valence-electron chi connectivity index (χ0n) is 11.6. The second-order valence-electron chi connectivity index (χ2n) is 5.21. The number of nitrogens with zero attached hydrogens (tertiary/aromatic N) is 2. The van der Waals surface area contributed by atoms with E-state index in [9.17, 15) is 4.79 Å². The molecule has 0 saturated carbocycles. The molecular formula is C14H22N4O. The first-order chi connectivity index (χ1) is 9.09. The molecule has 1 aromatic heterocycles. The number of pyridine rings is 1. The number of nitrogens with two attached hydrogens (primary N) is 1. The summed E-state index contributed by atoms with van der Waals surface area (Å²) in [7, 11) is 0. The van der Waals surface area contributed by atoms with Crippen LogP contribution in [0.3, 0.4) is 0 Å². The minimum absolute atomic E-state index is 0.0524. The Morgan fingerprint density at radius 2 is 2.11 bits per heavy atom. The van der Waals surface area contributed by atoms with E-state index < -0.39 is 0 Å². The summed E-state index contributed by atoms with van der Waals surface area (Å²) in [6, 6.07) is 3.57. The van der Waals surface area contributed by atoms with Crippen LogP contribution < -0.4 is 16.0 Å². The molecule has 0 aliphatic carbocycles. The van der Waals surface area contributed by atoms with Gasteiger partial charge in [-0.2, -0.15) is 0 Å². The Labute approximate surface area is 114 Å². The minimum atomic E-state index is -0.216. The average molecular weight is 262 g/mol. The molecule has 1 aliphatic rings. The summed E-state index contributed by atoms with van der Waals surface area (Å²) in [6.45, 7) is 5.69. The van der Waals surface area contributed by atoms with Crippen LogP contribution in [-0.4, -0.2) is 30.0 Å². The van der Waals surface area contributed by atoms with Gasteiger partial charge in [0.25, 0.3) is 0 Å². The monoisotopic (exact) mass is 262 g/mol. The van der Waals surface area contributed by atoms with Gasteiger partial charge in [-0.15, -0.1) is 0 Å². The molecule has 2 heterocycles. The van der Waals surface area contributed by atoms with E-state index in [4.69, 9.17) is 5.73 Å². The molecule has 1 aliphatic heterocycles. The van der Waals surface area contributed by atoms with Crippen LogP contribution >= 0.6 is 0 Å². The Kier molecular flexibility index (Phi) is 4.37. The number of aromatic nitrogens is 1. The molecule has 0 radical (unpaired) electrons. The predicted octanol–water partition coefficient (Wildman–Crippen LogP) is 1.60. The van der Waals surface area contributed by atoms with Crippen molar-refractivity contribution >= 4 is 17.4 Å². The van der Waals surface area contributed by atoms with Gasteiger partial charge in [-0.3, -0.25) is 4.79 Å². The quantitative estimate of drug-likeness (QED) is 0.864. The predicted molar refractivity (Wildman–Crippen MR) is 77.1 cm³/mol. The van der Waals surface area contributed by atoms with Crippen LogP contribution in [0, 0.1) is 5.92 Å². The second-order valence-corrected chi connectivity index (χ2v) is 5.21. The maximum absolute atomic E-state index is 12.1. The highest BCUT2D eigenvalue weighted by molar-refractivity contribution is 5.95. The van der Waals surface area contributed by atoms with Crippen LogP contribution in [0.25, 0.3) is 0 Å². The molecule has 19 heavy (non-hydrogen) atoms. The Morgan fingerprint density at radius 1 is 1.42 bits per heavy atom. The fourth-order valence-corrected chi connectivity index (χ4v) is 2.16. The third kappa shape index (κ3) is 3.23. The molecule has 5 heteroatoms. The molecule has 1 amide bonds. The topological polar surface area (TPSA) is 71.2 Å². The summed E-state index contributed by atoms with van der Waals surface area (Å²) in [5.41, 5.74) is 6.54. The van der Waals surface area contributed by atoms with Crippen molar-refractivity contribution in [2.45, 2.75) is 32.7 Å². The van der Waals surface area contributed by atoms with Crippen LogP contribution in [-0.2, 0) is 4.79 Å². The third-order valence-electron chi connectivity index (χ3n) is 3.65. The van der Waals surface area contributed by atoms with Gasteiger partial charge in [0.2, 0.25) is 5.91 Å². The number of hydrogen-bond acceptors (Lipinski definition) is 4. The minimum Gasteiger partial charge on any atom is -0.355 e. The fourth-order valence-electron chi connectivity index (χ4n) is 2.16. The first kappa shape index (κ1) is 13.8. The van der Waals surface area contributed by atoms with Crippen molar-refractivity contribution in [3.63, 3.8) is 0 Å². The molecule has 2 rings (SSSR count). The van der Waals surface area contributed by atoms with Gasteiger partial charge in [0.15, 0.2) is 5.82 Å². The van der Waals surface area contributed by atoms with Crippen molar-refractivity contribution in [3.05, 3.63) is 18.3 Å². The Bertz CT molecular complexity index is 441. The number of nitrogens with one attached hydrogen (secondary N) is 1. The van der Waals surface area contributed by atoms with E-state index >= 15 is 0 Å². The standard InChI is InChI=1S/C14H22N4O/c1-10(11(2)15)14(19)17-12-6-5-7-16-13(12)18-8-3-4-9-18/h5-7,10-11H,3-4,8-9,15H2,1-2H3,(H,17,19). The number of amides is 1. The molecule has 1 fully saturated rings. The van der Waals surface area contributed by atoms with E-state index in [1.807, 2.05) is 26.0 Å². The molecule has 104 valence electrons. The van der Waals surface area contributed by atoms with Gasteiger partial charge in [0.05, 0.1) is 11.6 Å². The van der Waals surface area contributed by atoms with E-state index in [0.717, 1.165) is 24.6 Å². The van der Waals surface area contributed by atoms with Gasteiger partial charge in [0, 0.05) is 25.3 Å². The van der Waals surface area contributed by atoms with Crippen LogP contribution in [0.4, 0.5) is 11.5 Å². The smallest absolute Gasteiger partial charge is 0.228 e. The first-order valence-electron chi connectivity index (χ1n) is 6.86. The lowest BCUT2D eigenvalue weighted by Crippen LogP contribution is -2.34. The Balaban J connectivity index is 2.13. The number of carbonyl (C=O) groups is 1. The van der Waals surface area contributed by atoms with Crippen molar-refractivity contribution in [3.8, 4) is 0 Å². The van der Waals surface area contributed by atoms with Crippen LogP contribution in [0.5, 0.6) is 0 Å². The molecule has 0 aromatic carbocycles. The second kappa shape index (κ2) is 6.02. The first-order valence-corrected chi connectivity index (χ1v) is 6.86. The normalized spacial score (nSPS) is 18.2. The SMILES string of the molecule is CC(N)C(C)C(=O)Nc1cccnc1N1CCCC1. The van der Waals surface area contributed by atoms with Crippen molar-refractivity contribution in [1.82, 2.24) is 4.98 Å². The van der Waals surface area contributed by atoms with Crippen LogP contribution in [0.1, 0.15) is 26.7 Å². The van der Waals surface area contributed by atoms with E-state index in [1.54, 1.807) is 6.20 Å². The van der Waals surface area contributed by atoms with Gasteiger partial charge < -0.3 is 16.0 Å². The summed E-state index contributed by atoms with van der Waals surface area (Å²) in [4.78, 5) is 18.7. The zero-order chi connectivity index (χ0) is 13.8. The third-order valence-corrected chi connectivity index (χ3v) is 3.65. The lowest BCUT2D eigenvalue weighted by Gasteiger charge is -2.21. The van der Waals surface area contributed by atoms with Crippen molar-refractivity contribution < 1.29 is 4.79 Å². The fraction of sp³-hybridized carbons (Fsp3) is 0.571. The summed E-state index contributed by atoms with van der Waals surface area (Å²) < 4.78 is 0. The molecule has 3 N–H and O–H groups in total. The van der Waals surface area contributed by atoms with Crippen molar-refractivity contribution in [1.29, 1.82) is 0 Å².